The molecule has 7 nitrogen and oxygen atoms in total. The molecule has 0 bridgehead atoms. The number of aliphatic hydroxyl groups excluding tert-OH is 1. The highest BCUT2D eigenvalue weighted by Crippen LogP contribution is 2.45. The molecule has 0 aromatic heterocycles. The quantitative estimate of drug-likeness (QED) is 0.211. The molecule has 1 atom stereocenters. The van der Waals surface area contributed by atoms with E-state index in [1.54, 1.807) is 43.5 Å². The van der Waals surface area contributed by atoms with Crippen molar-refractivity contribution >= 4 is 39.1 Å². The molecule has 1 N–H and O–H groups in total. The summed E-state index contributed by atoms with van der Waals surface area (Å²) in [6.07, 6.45) is 0. The Kier molecular flexibility index (Phi) is 7.59. The van der Waals surface area contributed by atoms with E-state index in [2.05, 4.69) is 15.9 Å². The molecule has 192 valence electrons. The molecule has 3 aromatic carbocycles. The van der Waals surface area contributed by atoms with Crippen molar-refractivity contribution in [1.29, 1.82) is 0 Å². The van der Waals surface area contributed by atoms with Crippen LogP contribution in [0, 0.1) is 13.8 Å². The molecule has 8 heteroatoms. The van der Waals surface area contributed by atoms with Gasteiger partial charge in [-0.3, -0.25) is 14.5 Å². The lowest BCUT2D eigenvalue weighted by Crippen LogP contribution is -2.30. The van der Waals surface area contributed by atoms with E-state index in [0.29, 0.717) is 45.1 Å². The minimum Gasteiger partial charge on any atom is -0.507 e. The molecule has 1 heterocycles. The number of carbonyl (C=O) groups excluding carboxylic acids is 2. The van der Waals surface area contributed by atoms with Gasteiger partial charge < -0.3 is 19.3 Å². The lowest BCUT2D eigenvalue weighted by atomic mass is 9.94. The van der Waals surface area contributed by atoms with Crippen molar-refractivity contribution in [2.75, 3.05) is 25.7 Å². The Morgan fingerprint density at radius 2 is 1.65 bits per heavy atom. The highest BCUT2D eigenvalue weighted by Gasteiger charge is 2.47. The lowest BCUT2D eigenvalue weighted by molar-refractivity contribution is -0.132. The number of rotatable bonds is 7. The number of methoxy groups -OCH3 is 2. The largest absolute Gasteiger partial charge is 0.507 e. The van der Waals surface area contributed by atoms with E-state index < -0.39 is 17.7 Å². The zero-order valence-corrected chi connectivity index (χ0v) is 22.9. The first-order valence-corrected chi connectivity index (χ1v) is 12.5. The van der Waals surface area contributed by atoms with Gasteiger partial charge in [-0.2, -0.15) is 0 Å². The van der Waals surface area contributed by atoms with Gasteiger partial charge in [0.1, 0.15) is 11.5 Å². The molecule has 0 radical (unpaired) electrons. The number of hydrogen-bond donors (Lipinski definition) is 1. The first-order chi connectivity index (χ1) is 17.7. The number of hydrogen-bond acceptors (Lipinski definition) is 6. The van der Waals surface area contributed by atoms with Crippen molar-refractivity contribution in [2.45, 2.75) is 26.8 Å². The van der Waals surface area contributed by atoms with Crippen molar-refractivity contribution in [3.05, 3.63) is 86.9 Å². The molecule has 0 saturated carbocycles. The molecule has 4 rings (SSSR count). The number of aryl methyl sites for hydroxylation is 2. The van der Waals surface area contributed by atoms with Crippen molar-refractivity contribution < 1.29 is 28.9 Å². The average molecular weight is 566 g/mol. The summed E-state index contributed by atoms with van der Waals surface area (Å²) in [7, 11) is 3.08. The van der Waals surface area contributed by atoms with E-state index >= 15 is 0 Å². The minimum atomic E-state index is -0.897. The molecule has 1 aliphatic heterocycles. The summed E-state index contributed by atoms with van der Waals surface area (Å²) >= 11 is 3.43. The van der Waals surface area contributed by atoms with Gasteiger partial charge in [0, 0.05) is 11.3 Å². The van der Waals surface area contributed by atoms with Gasteiger partial charge >= 0.3 is 0 Å². The van der Waals surface area contributed by atoms with Gasteiger partial charge in [-0.15, -0.1) is 0 Å². The maximum absolute atomic E-state index is 13.5. The highest BCUT2D eigenvalue weighted by atomic mass is 79.9. The molecule has 1 saturated heterocycles. The van der Waals surface area contributed by atoms with Crippen molar-refractivity contribution in [3.63, 3.8) is 0 Å². The van der Waals surface area contributed by atoms with Gasteiger partial charge in [0.25, 0.3) is 11.7 Å². The van der Waals surface area contributed by atoms with Crippen LogP contribution in [0.5, 0.6) is 17.2 Å². The van der Waals surface area contributed by atoms with Gasteiger partial charge in [0.15, 0.2) is 11.5 Å². The third-order valence-electron chi connectivity index (χ3n) is 6.30. The third-order valence-corrected chi connectivity index (χ3v) is 6.92. The zero-order valence-electron chi connectivity index (χ0n) is 21.3. The van der Waals surface area contributed by atoms with E-state index in [0.717, 1.165) is 11.1 Å². The number of amides is 1. The standard InChI is InChI=1S/C29H28BrNO6/c1-6-37-24-15-18(9-12-23(24)36-5)26-25(27(32)19-10-11-22(35-4)20(30)14-19)28(33)29(34)31(26)21-13-16(2)7-8-17(21)3/h7-15,26,32H,6H2,1-5H3/b27-25-. The topological polar surface area (TPSA) is 85.3 Å². The monoisotopic (exact) mass is 565 g/mol. The fourth-order valence-electron chi connectivity index (χ4n) is 4.48. The SMILES string of the molecule is CCOc1cc(C2/C(=C(/O)c3ccc(OC)c(Br)c3)C(=O)C(=O)N2c2cc(C)ccc2C)ccc1OC. The summed E-state index contributed by atoms with van der Waals surface area (Å²) in [5.41, 5.74) is 3.30. The van der Waals surface area contributed by atoms with Crippen LogP contribution in [-0.4, -0.2) is 37.6 Å². The molecule has 1 amide bonds. The summed E-state index contributed by atoms with van der Waals surface area (Å²) < 4.78 is 17.1. The maximum Gasteiger partial charge on any atom is 0.300 e. The first kappa shape index (κ1) is 26.3. The van der Waals surface area contributed by atoms with Crippen LogP contribution in [0.2, 0.25) is 0 Å². The number of ether oxygens (including phenoxy) is 3. The molecule has 37 heavy (non-hydrogen) atoms. The Morgan fingerprint density at radius 1 is 0.946 bits per heavy atom. The molecule has 3 aromatic rings. The fraction of sp³-hybridized carbons (Fsp3) is 0.241. The predicted octanol–water partition coefficient (Wildman–Crippen LogP) is 6.11. The van der Waals surface area contributed by atoms with Crippen LogP contribution < -0.4 is 19.1 Å². The summed E-state index contributed by atoms with van der Waals surface area (Å²) in [4.78, 5) is 28.5. The Bertz CT molecular complexity index is 1410. The van der Waals surface area contributed by atoms with Crippen LogP contribution in [-0.2, 0) is 9.59 Å². The number of carbonyl (C=O) groups is 2. The molecular weight excluding hydrogens is 538 g/mol. The van der Waals surface area contributed by atoms with Crippen molar-refractivity contribution in [1.82, 2.24) is 0 Å². The summed E-state index contributed by atoms with van der Waals surface area (Å²) in [5.74, 6) is -0.214. The van der Waals surface area contributed by atoms with Crippen LogP contribution >= 0.6 is 15.9 Å². The first-order valence-electron chi connectivity index (χ1n) is 11.7. The van der Waals surface area contributed by atoms with E-state index in [1.165, 1.54) is 12.0 Å². The van der Waals surface area contributed by atoms with Gasteiger partial charge in [0.2, 0.25) is 0 Å². The number of halogens is 1. The summed E-state index contributed by atoms with van der Waals surface area (Å²) in [6, 6.07) is 15.0. The Balaban J connectivity index is 1.99. The molecule has 0 spiro atoms. The van der Waals surface area contributed by atoms with E-state index in [9.17, 15) is 14.7 Å². The average Bonchev–Trinajstić information content (AvgIpc) is 3.15. The van der Waals surface area contributed by atoms with Crippen LogP contribution in [0.1, 0.15) is 35.2 Å². The van der Waals surface area contributed by atoms with E-state index in [4.69, 9.17) is 14.2 Å². The smallest absolute Gasteiger partial charge is 0.300 e. The van der Waals surface area contributed by atoms with Gasteiger partial charge in [-0.25, -0.2) is 0 Å². The van der Waals surface area contributed by atoms with Crippen LogP contribution in [0.4, 0.5) is 5.69 Å². The molecule has 0 aliphatic carbocycles. The second-order valence-corrected chi connectivity index (χ2v) is 9.51. The number of aliphatic hydroxyl groups is 1. The van der Waals surface area contributed by atoms with E-state index in [1.807, 2.05) is 39.0 Å². The van der Waals surface area contributed by atoms with Crippen LogP contribution in [0.25, 0.3) is 5.76 Å². The zero-order chi connectivity index (χ0) is 26.9. The molecule has 1 fully saturated rings. The van der Waals surface area contributed by atoms with Gasteiger partial charge in [0.05, 0.1) is 36.9 Å². The number of nitrogens with zero attached hydrogens (tertiary/aromatic N) is 1. The van der Waals surface area contributed by atoms with Crippen LogP contribution in [0.15, 0.2) is 64.6 Å². The van der Waals surface area contributed by atoms with E-state index in [-0.39, 0.29) is 11.3 Å². The lowest BCUT2D eigenvalue weighted by Gasteiger charge is -2.27. The number of ketones is 1. The number of anilines is 1. The third kappa shape index (κ3) is 4.81. The number of benzene rings is 3. The molecule has 1 aliphatic rings. The Labute approximate surface area is 224 Å². The van der Waals surface area contributed by atoms with Gasteiger partial charge in [-0.1, -0.05) is 18.2 Å². The second kappa shape index (κ2) is 10.7. The maximum atomic E-state index is 13.5. The Hall–Kier alpha value is -3.78. The molecule has 1 unspecified atom stereocenters. The minimum absolute atomic E-state index is 0.0180. The predicted molar refractivity (Wildman–Crippen MR) is 146 cm³/mol. The summed E-state index contributed by atoms with van der Waals surface area (Å²) in [5, 5.41) is 11.5. The summed E-state index contributed by atoms with van der Waals surface area (Å²) in [6.45, 7) is 6.06. The Morgan fingerprint density at radius 3 is 2.30 bits per heavy atom. The fourth-order valence-corrected chi connectivity index (χ4v) is 5.02. The highest BCUT2D eigenvalue weighted by molar-refractivity contribution is 9.10. The molecular formula is C29H28BrNO6. The number of Topliss-reactive ketones (excluding diaryl/α,β-unsaturated/α-hetero) is 1. The van der Waals surface area contributed by atoms with Crippen LogP contribution in [0.3, 0.4) is 0 Å². The van der Waals surface area contributed by atoms with Crippen molar-refractivity contribution in [3.8, 4) is 17.2 Å². The second-order valence-electron chi connectivity index (χ2n) is 8.65. The van der Waals surface area contributed by atoms with Crippen molar-refractivity contribution in [2.24, 2.45) is 0 Å². The van der Waals surface area contributed by atoms with Gasteiger partial charge in [-0.05, 0) is 89.8 Å². The normalized spacial score (nSPS) is 16.7.